The number of thiazole rings is 1. The van der Waals surface area contributed by atoms with Gasteiger partial charge in [-0.1, -0.05) is 12.1 Å². The van der Waals surface area contributed by atoms with Crippen LogP contribution in [0.3, 0.4) is 0 Å². The third-order valence-electron chi connectivity index (χ3n) is 5.56. The lowest BCUT2D eigenvalue weighted by molar-refractivity contribution is 0.122. The average Bonchev–Trinajstić information content (AvgIpc) is 3.23. The molecule has 0 atom stereocenters. The van der Waals surface area contributed by atoms with E-state index in [9.17, 15) is 0 Å². The first kappa shape index (κ1) is 18.4. The number of anilines is 3. The third kappa shape index (κ3) is 4.06. The number of fused-ring (bicyclic) bond motifs is 1. The van der Waals surface area contributed by atoms with Crippen molar-refractivity contribution in [3.63, 3.8) is 0 Å². The molecule has 1 fully saturated rings. The zero-order valence-corrected chi connectivity index (χ0v) is 17.2. The van der Waals surface area contributed by atoms with Gasteiger partial charge in [-0.3, -0.25) is 4.98 Å². The smallest absolute Gasteiger partial charge is 0.185 e. The Bertz CT molecular complexity index is 981. The van der Waals surface area contributed by atoms with Gasteiger partial charge in [0, 0.05) is 61.5 Å². The average molecular weight is 408 g/mol. The zero-order valence-electron chi connectivity index (χ0n) is 16.4. The summed E-state index contributed by atoms with van der Waals surface area (Å²) in [6, 6.07) is 11.0. The number of hydrogen-bond donors (Lipinski definition) is 1. The molecular weight excluding hydrogens is 382 g/mol. The van der Waals surface area contributed by atoms with E-state index in [0.717, 1.165) is 68.7 Å². The van der Waals surface area contributed by atoms with Gasteiger partial charge in [-0.2, -0.15) is 0 Å². The Morgan fingerprint density at radius 1 is 1.00 bits per heavy atom. The summed E-state index contributed by atoms with van der Waals surface area (Å²) in [5.74, 6) is 0. The van der Waals surface area contributed by atoms with Crippen molar-refractivity contribution in [3.8, 4) is 0 Å². The Morgan fingerprint density at radius 2 is 1.83 bits per heavy atom. The third-order valence-corrected chi connectivity index (χ3v) is 6.62. The van der Waals surface area contributed by atoms with Gasteiger partial charge in [0.2, 0.25) is 0 Å². The van der Waals surface area contributed by atoms with Crippen molar-refractivity contribution in [2.24, 2.45) is 0 Å². The first-order valence-corrected chi connectivity index (χ1v) is 10.9. The van der Waals surface area contributed by atoms with Crippen LogP contribution in [0.1, 0.15) is 21.7 Å². The van der Waals surface area contributed by atoms with E-state index in [4.69, 9.17) is 15.5 Å². The predicted octanol–water partition coefficient (Wildman–Crippen LogP) is 3.11. The van der Waals surface area contributed by atoms with Crippen LogP contribution < -0.4 is 15.5 Å². The molecule has 4 heterocycles. The normalized spacial score (nSPS) is 16.7. The second-order valence-electron chi connectivity index (χ2n) is 7.60. The van der Waals surface area contributed by atoms with Gasteiger partial charge in [0.05, 0.1) is 25.1 Å². The minimum atomic E-state index is 0.728. The summed E-state index contributed by atoms with van der Waals surface area (Å²) in [4.78, 5) is 15.2. The molecule has 7 heteroatoms. The molecular formula is C22H25N5OS. The number of aromatic nitrogens is 2. The van der Waals surface area contributed by atoms with E-state index < -0.39 is 0 Å². The molecule has 6 nitrogen and oxygen atoms in total. The Labute approximate surface area is 175 Å². The molecule has 0 saturated carbocycles. The van der Waals surface area contributed by atoms with Crippen LogP contribution in [0.5, 0.6) is 0 Å². The van der Waals surface area contributed by atoms with Crippen molar-refractivity contribution in [3.05, 3.63) is 64.4 Å². The number of hydrogen-bond acceptors (Lipinski definition) is 7. The molecule has 0 unspecified atom stereocenters. The summed E-state index contributed by atoms with van der Waals surface area (Å²) in [6.45, 7) is 5.35. The predicted molar refractivity (Wildman–Crippen MR) is 118 cm³/mol. The van der Waals surface area contributed by atoms with Crippen LogP contribution in [0.25, 0.3) is 0 Å². The molecule has 1 saturated heterocycles. The highest BCUT2D eigenvalue weighted by Gasteiger charge is 2.20. The fourth-order valence-electron chi connectivity index (χ4n) is 3.98. The van der Waals surface area contributed by atoms with Crippen LogP contribution in [-0.2, 0) is 24.1 Å². The number of nitrogens with two attached hydrogens (primary N) is 1. The number of nitrogens with zero attached hydrogens (tertiary/aromatic N) is 4. The van der Waals surface area contributed by atoms with E-state index in [1.165, 1.54) is 21.7 Å². The lowest BCUT2D eigenvalue weighted by Gasteiger charge is -2.28. The zero-order chi connectivity index (χ0) is 19.6. The molecule has 2 aliphatic rings. The first-order chi connectivity index (χ1) is 14.2. The molecule has 1 aromatic carbocycles. The van der Waals surface area contributed by atoms with E-state index in [0.29, 0.717) is 0 Å². The van der Waals surface area contributed by atoms with Crippen molar-refractivity contribution in [1.82, 2.24) is 9.97 Å². The summed E-state index contributed by atoms with van der Waals surface area (Å²) in [5.41, 5.74) is 11.6. The maximum absolute atomic E-state index is 5.91. The fraction of sp³-hybridized carbons (Fsp3) is 0.364. The Morgan fingerprint density at radius 3 is 2.66 bits per heavy atom. The highest BCUT2D eigenvalue weighted by atomic mass is 32.1. The number of pyridine rings is 1. The van der Waals surface area contributed by atoms with Gasteiger partial charge in [-0.05, 0) is 29.3 Å². The van der Waals surface area contributed by atoms with Gasteiger partial charge in [-0.15, -0.1) is 11.3 Å². The quantitative estimate of drug-likeness (QED) is 0.717. The molecule has 2 N–H and O–H groups in total. The van der Waals surface area contributed by atoms with Crippen molar-refractivity contribution < 1.29 is 4.74 Å². The topological polar surface area (TPSA) is 67.5 Å². The second kappa shape index (κ2) is 8.00. The van der Waals surface area contributed by atoms with Crippen LogP contribution in [0.4, 0.5) is 16.5 Å². The van der Waals surface area contributed by atoms with E-state index in [-0.39, 0.29) is 0 Å². The monoisotopic (exact) mass is 407 g/mol. The van der Waals surface area contributed by atoms with Gasteiger partial charge in [0.1, 0.15) is 0 Å². The summed E-state index contributed by atoms with van der Waals surface area (Å²) < 4.78 is 5.44. The summed E-state index contributed by atoms with van der Waals surface area (Å²) in [5, 5.41) is 1.08. The molecule has 2 aliphatic heterocycles. The van der Waals surface area contributed by atoms with Crippen LogP contribution in [0.15, 0.2) is 42.7 Å². The highest BCUT2D eigenvalue weighted by Crippen LogP contribution is 2.29. The largest absolute Gasteiger partial charge is 0.397 e. The van der Waals surface area contributed by atoms with Crippen LogP contribution in [0, 0.1) is 0 Å². The van der Waals surface area contributed by atoms with E-state index in [2.05, 4.69) is 39.0 Å². The van der Waals surface area contributed by atoms with Crippen molar-refractivity contribution >= 4 is 27.8 Å². The van der Waals surface area contributed by atoms with E-state index in [1.807, 2.05) is 12.3 Å². The lowest BCUT2D eigenvalue weighted by Crippen LogP contribution is -2.36. The van der Waals surface area contributed by atoms with Gasteiger partial charge >= 0.3 is 0 Å². The SMILES string of the molecule is Nc1cnc2c(c1)CN(c1ncc(Cc3ccc(N4CCOCC4)cc3)s1)CC2. The number of benzene rings is 1. The number of ether oxygens (including phenoxy) is 1. The van der Waals surface area contributed by atoms with Gasteiger partial charge in [-0.25, -0.2) is 4.98 Å². The summed E-state index contributed by atoms with van der Waals surface area (Å²) >= 11 is 1.78. The number of morpholine rings is 1. The lowest BCUT2D eigenvalue weighted by atomic mass is 10.1. The molecule has 5 rings (SSSR count). The van der Waals surface area contributed by atoms with Crippen molar-refractivity contribution in [2.75, 3.05) is 48.4 Å². The number of nitrogen functional groups attached to an aromatic ring is 1. The van der Waals surface area contributed by atoms with Gasteiger partial charge < -0.3 is 20.3 Å². The van der Waals surface area contributed by atoms with E-state index >= 15 is 0 Å². The van der Waals surface area contributed by atoms with Gasteiger partial charge in [0.25, 0.3) is 0 Å². The number of rotatable bonds is 4. The second-order valence-corrected chi connectivity index (χ2v) is 8.69. The minimum absolute atomic E-state index is 0.728. The molecule has 0 amide bonds. The highest BCUT2D eigenvalue weighted by molar-refractivity contribution is 7.15. The maximum Gasteiger partial charge on any atom is 0.185 e. The van der Waals surface area contributed by atoms with Crippen molar-refractivity contribution in [1.29, 1.82) is 0 Å². The van der Waals surface area contributed by atoms with Crippen LogP contribution >= 0.6 is 11.3 Å². The standard InChI is InChI=1S/C22H25N5OS/c23-18-12-17-15-27(6-5-21(17)24-13-18)22-25-14-20(29-22)11-16-1-3-19(4-2-16)26-7-9-28-10-8-26/h1-4,12-14H,5-11,15,23H2. The molecule has 0 spiro atoms. The van der Waals surface area contributed by atoms with Crippen LogP contribution in [0.2, 0.25) is 0 Å². The Hall–Kier alpha value is -2.64. The molecule has 0 aliphatic carbocycles. The van der Waals surface area contributed by atoms with E-state index in [1.54, 1.807) is 17.5 Å². The Kier molecular flexibility index (Phi) is 5.08. The summed E-state index contributed by atoms with van der Waals surface area (Å²) in [6.07, 6.45) is 5.62. The molecule has 0 radical (unpaired) electrons. The molecule has 150 valence electrons. The first-order valence-electron chi connectivity index (χ1n) is 10.1. The summed E-state index contributed by atoms with van der Waals surface area (Å²) in [7, 11) is 0. The minimum Gasteiger partial charge on any atom is -0.397 e. The molecule has 3 aromatic rings. The Balaban J connectivity index is 1.25. The molecule has 29 heavy (non-hydrogen) atoms. The molecule has 2 aromatic heterocycles. The van der Waals surface area contributed by atoms with Crippen molar-refractivity contribution in [2.45, 2.75) is 19.4 Å². The maximum atomic E-state index is 5.91. The fourth-order valence-corrected chi connectivity index (χ4v) is 4.95. The molecule has 0 bridgehead atoms. The van der Waals surface area contributed by atoms with Gasteiger partial charge in [0.15, 0.2) is 5.13 Å². The van der Waals surface area contributed by atoms with Crippen LogP contribution in [-0.4, -0.2) is 42.8 Å².